The predicted molar refractivity (Wildman–Crippen MR) is 361 cm³/mol. The lowest BCUT2D eigenvalue weighted by Gasteiger charge is -2.41. The quantitative estimate of drug-likeness (QED) is 0.0195. The number of unbranched alkanes of at least 4 members (excludes halogenated alkanes) is 26. The number of hydrogen-bond donors (Lipinski definition) is 6. The molecule has 8 atom stereocenters. The Morgan fingerprint density at radius 1 is 0.465 bits per heavy atom. The highest BCUT2D eigenvalue weighted by Gasteiger charge is 2.47. The Hall–Kier alpha value is -3.94. The van der Waals surface area contributed by atoms with Crippen LogP contribution in [0.5, 0.6) is 0 Å². The van der Waals surface area contributed by atoms with E-state index in [1.54, 1.807) is 6.08 Å². The van der Waals surface area contributed by atoms with Gasteiger partial charge in [0.05, 0.1) is 25.4 Å². The first kappa shape index (κ1) is 80.1. The van der Waals surface area contributed by atoms with Crippen LogP contribution in [0.25, 0.3) is 0 Å². The molecule has 86 heavy (non-hydrogen) atoms. The van der Waals surface area contributed by atoms with Crippen molar-refractivity contribution in [2.45, 2.75) is 327 Å². The number of carbonyl (C=O) groups excluding carboxylic acids is 2. The minimum absolute atomic E-state index is 0.109. The van der Waals surface area contributed by atoms with Crippen LogP contribution in [0.3, 0.4) is 0 Å². The first-order chi connectivity index (χ1) is 42.2. The fraction of sp³-hybridized carbons (Fsp3) is 0.707. The molecule has 0 saturated carbocycles. The zero-order valence-corrected chi connectivity index (χ0v) is 54.6. The molecular formula is C75H127NO10. The number of rotatable bonds is 58. The monoisotopic (exact) mass is 1200 g/mol. The standard InChI is InChI=1S/C75H127NO10/c1-4-7-10-13-16-19-22-25-27-29-31-32-33-34-35-36-37-38-39-41-43-45-48-51-54-57-60-63-70(80)86-73-72(82)71(81)69(64-77)85-75(73)84-65-66(67(78)61-58-55-52-49-46-24-21-18-15-12-9-6-3)76-74(83)68(79)62-59-56-53-50-47-44-42-40-30-28-26-23-20-17-14-11-8-5-2/h7,10,16-17,19-20,25-28,31-32,34-35,40,42,47,50,58,61,66-69,71-73,75,77-79,81-82H,4-6,8-9,11-15,18,21-24,29-30,33,36-39,41,43-46,48-49,51-57,59-60,62-65H2,1-3H3,(H,76,83)/b10-7-,19-16-,20-17-,27-25-,28-26-,32-31-,35-34-,42-40-,50-47-,61-58+. The van der Waals surface area contributed by atoms with Crippen molar-refractivity contribution in [2.75, 3.05) is 13.2 Å². The SMILES string of the molecule is CC/C=C\C/C=C\C/C=C\C/C=C\C/C=C\CCCCCCCCCCCCCC(=O)OC1C(OCC(NC(=O)C(O)CCCC/C=C\C/C=C\C/C=C\C/C=C\CCCCC)C(O)/C=C/CCCCCCCCCCCC)OC(CO)C(O)C1O. The van der Waals surface area contributed by atoms with Gasteiger partial charge in [0.25, 0.3) is 0 Å². The first-order valence-corrected chi connectivity index (χ1v) is 34.8. The molecule has 0 aromatic heterocycles. The van der Waals surface area contributed by atoms with Gasteiger partial charge in [0.2, 0.25) is 5.91 Å². The second-order valence-electron chi connectivity index (χ2n) is 23.5. The minimum Gasteiger partial charge on any atom is -0.454 e. The summed E-state index contributed by atoms with van der Waals surface area (Å²) in [5.41, 5.74) is 0. The molecule has 0 aromatic rings. The van der Waals surface area contributed by atoms with Crippen LogP contribution in [0.15, 0.2) is 122 Å². The molecule has 11 nitrogen and oxygen atoms in total. The van der Waals surface area contributed by atoms with E-state index in [4.69, 9.17) is 14.2 Å². The normalized spacial score (nSPS) is 19.1. The number of esters is 1. The number of ether oxygens (including phenoxy) is 3. The number of aliphatic hydroxyl groups is 5. The largest absolute Gasteiger partial charge is 0.454 e. The number of hydrogen-bond acceptors (Lipinski definition) is 10. The molecule has 8 unspecified atom stereocenters. The molecule has 1 amide bonds. The summed E-state index contributed by atoms with van der Waals surface area (Å²) in [4.78, 5) is 26.6. The van der Waals surface area contributed by atoms with Gasteiger partial charge in [0, 0.05) is 6.42 Å². The van der Waals surface area contributed by atoms with Crippen LogP contribution in [0.1, 0.15) is 278 Å². The van der Waals surface area contributed by atoms with Crippen molar-refractivity contribution in [1.29, 1.82) is 0 Å². The molecule has 492 valence electrons. The van der Waals surface area contributed by atoms with Crippen molar-refractivity contribution in [3.63, 3.8) is 0 Å². The van der Waals surface area contributed by atoms with Crippen molar-refractivity contribution in [3.8, 4) is 0 Å². The third kappa shape index (κ3) is 48.0. The number of carbonyl (C=O) groups is 2. The Morgan fingerprint density at radius 2 is 0.837 bits per heavy atom. The highest BCUT2D eigenvalue weighted by Crippen LogP contribution is 2.26. The van der Waals surface area contributed by atoms with Crippen molar-refractivity contribution in [3.05, 3.63) is 122 Å². The van der Waals surface area contributed by atoms with Crippen LogP contribution in [-0.2, 0) is 23.8 Å². The summed E-state index contributed by atoms with van der Waals surface area (Å²) in [5.74, 6) is -1.23. The first-order valence-electron chi connectivity index (χ1n) is 34.8. The summed E-state index contributed by atoms with van der Waals surface area (Å²) in [7, 11) is 0. The Labute approximate surface area is 525 Å². The molecule has 1 aliphatic heterocycles. The lowest BCUT2D eigenvalue weighted by molar-refractivity contribution is -0.305. The second-order valence-corrected chi connectivity index (χ2v) is 23.5. The van der Waals surface area contributed by atoms with Crippen molar-refractivity contribution < 1.29 is 49.3 Å². The van der Waals surface area contributed by atoms with Gasteiger partial charge in [-0.1, -0.05) is 277 Å². The van der Waals surface area contributed by atoms with E-state index < -0.39 is 67.4 Å². The zero-order chi connectivity index (χ0) is 62.4. The van der Waals surface area contributed by atoms with Crippen molar-refractivity contribution >= 4 is 11.9 Å². The number of aliphatic hydroxyl groups excluding tert-OH is 5. The van der Waals surface area contributed by atoms with E-state index >= 15 is 0 Å². The highest BCUT2D eigenvalue weighted by atomic mass is 16.7. The van der Waals surface area contributed by atoms with E-state index in [0.717, 1.165) is 128 Å². The zero-order valence-electron chi connectivity index (χ0n) is 54.6. The molecular weight excluding hydrogens is 1070 g/mol. The number of nitrogens with one attached hydrogen (secondary N) is 1. The van der Waals surface area contributed by atoms with Crippen molar-refractivity contribution in [1.82, 2.24) is 5.32 Å². The van der Waals surface area contributed by atoms with Crippen LogP contribution >= 0.6 is 0 Å². The van der Waals surface area contributed by atoms with Gasteiger partial charge in [0.15, 0.2) is 12.4 Å². The lowest BCUT2D eigenvalue weighted by Crippen LogP contribution is -2.61. The van der Waals surface area contributed by atoms with Crippen molar-refractivity contribution in [2.24, 2.45) is 0 Å². The molecule has 1 rings (SSSR count). The molecule has 0 aliphatic carbocycles. The van der Waals surface area contributed by atoms with Crippen LogP contribution in [0.4, 0.5) is 0 Å². The smallest absolute Gasteiger partial charge is 0.306 e. The minimum atomic E-state index is -1.63. The molecule has 1 heterocycles. The molecule has 1 fully saturated rings. The number of allylic oxidation sites excluding steroid dienone is 19. The van der Waals surface area contributed by atoms with Gasteiger partial charge in [-0.25, -0.2) is 0 Å². The Kier molecular flexibility index (Phi) is 57.1. The molecule has 6 N–H and O–H groups in total. The van der Waals surface area contributed by atoms with Crippen LogP contribution in [0.2, 0.25) is 0 Å². The maximum atomic E-state index is 13.4. The molecule has 1 aliphatic rings. The summed E-state index contributed by atoms with van der Waals surface area (Å²) in [6, 6.07) is -1.05. The molecule has 11 heteroatoms. The Morgan fingerprint density at radius 3 is 1.28 bits per heavy atom. The Bertz CT molecular complexity index is 1860. The summed E-state index contributed by atoms with van der Waals surface area (Å²) >= 11 is 0. The molecule has 0 bridgehead atoms. The maximum Gasteiger partial charge on any atom is 0.306 e. The molecule has 0 aromatic carbocycles. The van der Waals surface area contributed by atoms with Gasteiger partial charge >= 0.3 is 5.97 Å². The highest BCUT2D eigenvalue weighted by molar-refractivity contribution is 5.80. The van der Waals surface area contributed by atoms with Gasteiger partial charge < -0.3 is 45.1 Å². The van der Waals surface area contributed by atoms with E-state index in [9.17, 15) is 35.1 Å². The molecule has 0 radical (unpaired) electrons. The van der Waals surface area contributed by atoms with Crippen LogP contribution in [0, 0.1) is 0 Å². The van der Waals surface area contributed by atoms with Crippen LogP contribution < -0.4 is 5.32 Å². The summed E-state index contributed by atoms with van der Waals surface area (Å²) in [6.07, 6.45) is 75.2. The lowest BCUT2D eigenvalue weighted by atomic mass is 9.99. The second kappa shape index (κ2) is 61.3. The fourth-order valence-corrected chi connectivity index (χ4v) is 10.1. The van der Waals surface area contributed by atoms with Gasteiger partial charge in [-0.05, 0) is 116 Å². The average molecular weight is 1200 g/mol. The topological polar surface area (TPSA) is 175 Å². The van der Waals surface area contributed by atoms with E-state index in [0.29, 0.717) is 12.8 Å². The van der Waals surface area contributed by atoms with E-state index in [1.807, 2.05) is 6.08 Å². The van der Waals surface area contributed by atoms with Gasteiger partial charge in [-0.2, -0.15) is 0 Å². The van der Waals surface area contributed by atoms with E-state index in [2.05, 4.69) is 135 Å². The van der Waals surface area contributed by atoms with Gasteiger partial charge in [0.1, 0.15) is 24.4 Å². The average Bonchev–Trinajstić information content (AvgIpc) is 2.65. The third-order valence-electron chi connectivity index (χ3n) is 15.6. The van der Waals surface area contributed by atoms with Gasteiger partial charge in [-0.15, -0.1) is 0 Å². The Balaban J connectivity index is 2.60. The number of amides is 1. The predicted octanol–water partition coefficient (Wildman–Crippen LogP) is 17.8. The maximum absolute atomic E-state index is 13.4. The summed E-state index contributed by atoms with van der Waals surface area (Å²) < 4.78 is 17.7. The summed E-state index contributed by atoms with van der Waals surface area (Å²) in [5, 5.41) is 57.1. The van der Waals surface area contributed by atoms with Crippen LogP contribution in [-0.4, -0.2) is 99.6 Å². The van der Waals surface area contributed by atoms with Gasteiger partial charge in [-0.3, -0.25) is 9.59 Å². The fourth-order valence-electron chi connectivity index (χ4n) is 10.1. The third-order valence-corrected chi connectivity index (χ3v) is 15.6. The summed E-state index contributed by atoms with van der Waals surface area (Å²) in [6.45, 7) is 5.63. The van der Waals surface area contributed by atoms with E-state index in [1.165, 1.54) is 103 Å². The molecule has 0 spiro atoms. The van der Waals surface area contributed by atoms with E-state index in [-0.39, 0.29) is 19.4 Å². The molecule has 1 saturated heterocycles.